The van der Waals surface area contributed by atoms with Crippen LogP contribution in [0.4, 0.5) is 5.69 Å². The SMILES string of the molecule is O=C1NCCC12CCCN2Cc1ccc(N2CCOCC2)cc1. The highest BCUT2D eigenvalue weighted by Crippen LogP contribution is 2.36. The van der Waals surface area contributed by atoms with Crippen LogP contribution in [0, 0.1) is 0 Å². The molecule has 1 atom stereocenters. The molecule has 23 heavy (non-hydrogen) atoms. The third-order valence-electron chi connectivity index (χ3n) is 5.56. The Hall–Kier alpha value is -1.59. The molecule has 0 aromatic heterocycles. The molecule has 3 heterocycles. The molecule has 1 amide bonds. The van der Waals surface area contributed by atoms with Crippen LogP contribution in [0.2, 0.25) is 0 Å². The Morgan fingerprint density at radius 3 is 2.57 bits per heavy atom. The number of nitrogens with one attached hydrogen (secondary N) is 1. The summed E-state index contributed by atoms with van der Waals surface area (Å²) in [6, 6.07) is 8.84. The molecule has 1 N–H and O–H groups in total. The number of morpholine rings is 1. The summed E-state index contributed by atoms with van der Waals surface area (Å²) < 4.78 is 5.41. The van der Waals surface area contributed by atoms with Gasteiger partial charge in [0.2, 0.25) is 5.91 Å². The predicted molar refractivity (Wildman–Crippen MR) is 89.5 cm³/mol. The van der Waals surface area contributed by atoms with Gasteiger partial charge in [0.25, 0.3) is 0 Å². The van der Waals surface area contributed by atoms with Crippen LogP contribution in [-0.2, 0) is 16.1 Å². The van der Waals surface area contributed by atoms with Crippen molar-refractivity contribution in [1.82, 2.24) is 10.2 Å². The maximum absolute atomic E-state index is 12.3. The summed E-state index contributed by atoms with van der Waals surface area (Å²) in [5.41, 5.74) is 2.33. The summed E-state index contributed by atoms with van der Waals surface area (Å²) in [6.07, 6.45) is 3.08. The second-order valence-electron chi connectivity index (χ2n) is 6.83. The fraction of sp³-hybridized carbons (Fsp3) is 0.611. The largest absolute Gasteiger partial charge is 0.378 e. The molecule has 5 nitrogen and oxygen atoms in total. The lowest BCUT2D eigenvalue weighted by molar-refractivity contribution is -0.128. The van der Waals surface area contributed by atoms with Crippen LogP contribution in [0.5, 0.6) is 0 Å². The smallest absolute Gasteiger partial charge is 0.240 e. The van der Waals surface area contributed by atoms with Gasteiger partial charge < -0.3 is 15.0 Å². The van der Waals surface area contributed by atoms with Crippen molar-refractivity contribution in [1.29, 1.82) is 0 Å². The van der Waals surface area contributed by atoms with Gasteiger partial charge in [0.1, 0.15) is 5.54 Å². The normalized spacial score (nSPS) is 28.5. The molecule has 1 aromatic carbocycles. The van der Waals surface area contributed by atoms with E-state index in [1.807, 2.05) is 0 Å². The summed E-state index contributed by atoms with van der Waals surface area (Å²) in [5.74, 6) is 0.236. The van der Waals surface area contributed by atoms with Crippen LogP contribution in [-0.4, -0.2) is 55.7 Å². The zero-order valence-corrected chi connectivity index (χ0v) is 13.6. The van der Waals surface area contributed by atoms with Gasteiger partial charge in [0.05, 0.1) is 13.2 Å². The zero-order chi connectivity index (χ0) is 15.7. The van der Waals surface area contributed by atoms with E-state index in [2.05, 4.69) is 39.4 Å². The molecule has 3 fully saturated rings. The molecule has 0 aliphatic carbocycles. The molecule has 1 unspecified atom stereocenters. The highest BCUT2D eigenvalue weighted by molar-refractivity contribution is 5.88. The molecular formula is C18H25N3O2. The number of hydrogen-bond donors (Lipinski definition) is 1. The zero-order valence-electron chi connectivity index (χ0n) is 13.6. The Bertz CT molecular complexity index is 564. The highest BCUT2D eigenvalue weighted by atomic mass is 16.5. The molecule has 3 aliphatic heterocycles. The summed E-state index contributed by atoms with van der Waals surface area (Å²) in [6.45, 7) is 6.28. The van der Waals surface area contributed by atoms with Crippen molar-refractivity contribution in [3.8, 4) is 0 Å². The van der Waals surface area contributed by atoms with E-state index in [1.165, 1.54) is 11.3 Å². The molecule has 5 heteroatoms. The van der Waals surface area contributed by atoms with Crippen LogP contribution < -0.4 is 10.2 Å². The van der Waals surface area contributed by atoms with Crippen molar-refractivity contribution in [2.75, 3.05) is 44.3 Å². The van der Waals surface area contributed by atoms with Gasteiger partial charge in [-0.3, -0.25) is 9.69 Å². The molecule has 3 aliphatic rings. The van der Waals surface area contributed by atoms with Crippen LogP contribution in [0.15, 0.2) is 24.3 Å². The van der Waals surface area contributed by atoms with Gasteiger partial charge in [-0.2, -0.15) is 0 Å². The Kier molecular flexibility index (Phi) is 3.99. The van der Waals surface area contributed by atoms with Crippen LogP contribution >= 0.6 is 0 Å². The molecule has 124 valence electrons. The van der Waals surface area contributed by atoms with Crippen molar-refractivity contribution in [3.63, 3.8) is 0 Å². The lowest BCUT2D eigenvalue weighted by Gasteiger charge is -2.32. The van der Waals surface area contributed by atoms with Crippen molar-refractivity contribution < 1.29 is 9.53 Å². The number of carbonyl (C=O) groups is 1. The fourth-order valence-corrected chi connectivity index (χ4v) is 4.22. The number of likely N-dealkylation sites (tertiary alicyclic amines) is 1. The van der Waals surface area contributed by atoms with E-state index in [9.17, 15) is 4.79 Å². The molecule has 1 aromatic rings. The summed E-state index contributed by atoms with van der Waals surface area (Å²) in [5, 5.41) is 3.02. The summed E-state index contributed by atoms with van der Waals surface area (Å²) in [7, 11) is 0. The first kappa shape index (κ1) is 15.0. The number of rotatable bonds is 3. The van der Waals surface area contributed by atoms with Gasteiger partial charge in [0, 0.05) is 31.9 Å². The first-order valence-corrected chi connectivity index (χ1v) is 8.73. The predicted octanol–water partition coefficient (Wildman–Crippen LogP) is 1.38. The number of amides is 1. The maximum atomic E-state index is 12.3. The topological polar surface area (TPSA) is 44.8 Å². The van der Waals surface area contributed by atoms with Gasteiger partial charge in [0.15, 0.2) is 0 Å². The number of benzene rings is 1. The fourth-order valence-electron chi connectivity index (χ4n) is 4.22. The number of nitrogens with zero attached hydrogens (tertiary/aromatic N) is 2. The second-order valence-corrected chi connectivity index (χ2v) is 6.83. The summed E-state index contributed by atoms with van der Waals surface area (Å²) >= 11 is 0. The quantitative estimate of drug-likeness (QED) is 0.915. The van der Waals surface area contributed by atoms with Gasteiger partial charge in [-0.15, -0.1) is 0 Å². The minimum atomic E-state index is -0.233. The third-order valence-corrected chi connectivity index (χ3v) is 5.56. The van der Waals surface area contributed by atoms with Crippen LogP contribution in [0.25, 0.3) is 0 Å². The van der Waals surface area contributed by atoms with E-state index < -0.39 is 0 Å². The molecule has 1 spiro atoms. The summed E-state index contributed by atoms with van der Waals surface area (Å²) in [4.78, 5) is 17.0. The molecule has 3 saturated heterocycles. The van der Waals surface area contributed by atoms with E-state index in [1.54, 1.807) is 0 Å². The first-order valence-electron chi connectivity index (χ1n) is 8.73. The Labute approximate surface area is 137 Å². The standard InChI is InChI=1S/C18H25N3O2/c22-17-18(7-8-19-17)6-1-9-21(18)14-15-2-4-16(5-3-15)20-10-12-23-13-11-20/h2-5H,1,6-14H2,(H,19,22). The number of ether oxygens (including phenoxy) is 1. The minimum absolute atomic E-state index is 0.233. The van der Waals surface area contributed by atoms with E-state index >= 15 is 0 Å². The van der Waals surface area contributed by atoms with Crippen molar-refractivity contribution in [2.24, 2.45) is 0 Å². The molecule has 0 bridgehead atoms. The van der Waals surface area contributed by atoms with Gasteiger partial charge in [-0.1, -0.05) is 12.1 Å². The maximum Gasteiger partial charge on any atom is 0.240 e. The van der Waals surface area contributed by atoms with E-state index in [0.717, 1.165) is 65.2 Å². The number of anilines is 1. The van der Waals surface area contributed by atoms with Gasteiger partial charge in [-0.25, -0.2) is 0 Å². The van der Waals surface area contributed by atoms with Crippen molar-refractivity contribution in [2.45, 2.75) is 31.3 Å². The van der Waals surface area contributed by atoms with E-state index in [0.29, 0.717) is 0 Å². The minimum Gasteiger partial charge on any atom is -0.378 e. The molecule has 0 radical (unpaired) electrons. The average molecular weight is 315 g/mol. The lowest BCUT2D eigenvalue weighted by Crippen LogP contribution is -2.49. The van der Waals surface area contributed by atoms with E-state index in [-0.39, 0.29) is 11.4 Å². The van der Waals surface area contributed by atoms with Gasteiger partial charge >= 0.3 is 0 Å². The molecule has 4 rings (SSSR count). The van der Waals surface area contributed by atoms with Crippen LogP contribution in [0.1, 0.15) is 24.8 Å². The molecular weight excluding hydrogens is 290 g/mol. The van der Waals surface area contributed by atoms with Crippen molar-refractivity contribution in [3.05, 3.63) is 29.8 Å². The number of hydrogen-bond acceptors (Lipinski definition) is 4. The number of carbonyl (C=O) groups excluding carboxylic acids is 1. The average Bonchev–Trinajstić information content (AvgIpc) is 3.17. The second kappa shape index (κ2) is 6.13. The third kappa shape index (κ3) is 2.72. The first-order chi connectivity index (χ1) is 11.3. The monoisotopic (exact) mass is 315 g/mol. The Morgan fingerprint density at radius 1 is 1.09 bits per heavy atom. The van der Waals surface area contributed by atoms with E-state index in [4.69, 9.17) is 4.74 Å². The lowest BCUT2D eigenvalue weighted by atomic mass is 9.94. The van der Waals surface area contributed by atoms with Crippen molar-refractivity contribution >= 4 is 11.6 Å². The Morgan fingerprint density at radius 2 is 1.87 bits per heavy atom. The highest BCUT2D eigenvalue weighted by Gasteiger charge is 2.49. The Balaban J connectivity index is 1.45. The molecule has 0 saturated carbocycles. The van der Waals surface area contributed by atoms with Gasteiger partial charge in [-0.05, 0) is 43.5 Å². The van der Waals surface area contributed by atoms with Crippen LogP contribution in [0.3, 0.4) is 0 Å².